The standard InChI is InChI=1S/C46H51FN8O6/c47-36-27-49-45(52-42(36)31-5-4-8-35(24-31)54-20-2-1-9-41(54)57)50-33-7-3-6-32(23-33)43(58)48-26-28-10-13-34(14-11-28)53-21-18-29(19-22-53)30-12-15-37-39(25-30)61-46(60)55(37)38-16-17-40(56)51-44(38)59/h1-2,4-5,8-9,12,15,20,24-25,27-29,32-34,38H,3,6-7,10-11,13-14,16-19,21-23,26H2,(H,48,58)(H,49,50,52)(H,51,56,59)/t28?,32-,33-,34?,38?/m0/s1. The summed E-state index contributed by atoms with van der Waals surface area (Å²) in [7, 11) is 0. The number of hydrogen-bond acceptors (Lipinski definition) is 10. The molecule has 3 atom stereocenters. The number of pyridine rings is 1. The van der Waals surface area contributed by atoms with Crippen LogP contribution < -0.4 is 27.3 Å². The van der Waals surface area contributed by atoms with Gasteiger partial charge in [0.05, 0.1) is 11.7 Å². The Morgan fingerprint density at radius 2 is 1.74 bits per heavy atom. The van der Waals surface area contributed by atoms with Gasteiger partial charge in [-0.15, -0.1) is 0 Å². The van der Waals surface area contributed by atoms with Gasteiger partial charge in [0.1, 0.15) is 11.7 Å². The molecule has 0 spiro atoms. The van der Waals surface area contributed by atoms with Gasteiger partial charge in [-0.1, -0.05) is 30.7 Å². The number of carbonyl (C=O) groups excluding carboxylic acids is 3. The molecule has 3 N–H and O–H groups in total. The van der Waals surface area contributed by atoms with Crippen molar-refractivity contribution in [1.82, 2.24) is 34.6 Å². The Hall–Kier alpha value is -5.96. The van der Waals surface area contributed by atoms with Gasteiger partial charge >= 0.3 is 5.76 Å². The Balaban J connectivity index is 0.727. The first-order chi connectivity index (χ1) is 29.7. The van der Waals surface area contributed by atoms with Crippen LogP contribution in [0, 0.1) is 17.7 Å². The summed E-state index contributed by atoms with van der Waals surface area (Å²) >= 11 is 0. The molecule has 5 aromatic rings. The first-order valence-electron chi connectivity index (χ1n) is 21.7. The number of nitrogens with zero attached hydrogens (tertiary/aromatic N) is 5. The molecule has 4 fully saturated rings. The number of halogens is 1. The minimum Gasteiger partial charge on any atom is -0.408 e. The topological polar surface area (TPSA) is 173 Å². The highest BCUT2D eigenvalue weighted by Crippen LogP contribution is 2.35. The molecule has 3 aromatic heterocycles. The second-order valence-corrected chi connectivity index (χ2v) is 17.2. The van der Waals surface area contributed by atoms with Crippen LogP contribution in [-0.4, -0.2) is 73.4 Å². The smallest absolute Gasteiger partial charge is 0.408 e. The van der Waals surface area contributed by atoms with Crippen molar-refractivity contribution in [1.29, 1.82) is 0 Å². The fourth-order valence-electron chi connectivity index (χ4n) is 10.1. The molecule has 2 aliphatic heterocycles. The summed E-state index contributed by atoms with van der Waals surface area (Å²) in [5.74, 6) is -0.858. The van der Waals surface area contributed by atoms with E-state index in [4.69, 9.17) is 4.42 Å². The largest absolute Gasteiger partial charge is 0.420 e. The SMILES string of the molecule is O=C1CCC(n2c(=O)oc3cc(C4CCN(C5CCC(CNC(=O)[C@H]6CCC[C@H](Nc7ncc(F)c(-c8cccc(-n9ccccc9=O)c8)n7)C6)CC5)CC4)ccc32)C(=O)N1. The first kappa shape index (κ1) is 40.4. The fourth-order valence-corrected chi connectivity index (χ4v) is 10.1. The molecule has 2 aliphatic carbocycles. The highest BCUT2D eigenvalue weighted by molar-refractivity contribution is 6.00. The van der Waals surface area contributed by atoms with Crippen molar-refractivity contribution >= 4 is 34.8 Å². The van der Waals surface area contributed by atoms with Gasteiger partial charge < -0.3 is 20.0 Å². The Kier molecular flexibility index (Phi) is 11.6. The summed E-state index contributed by atoms with van der Waals surface area (Å²) in [4.78, 5) is 74.1. The molecule has 1 unspecified atom stereocenters. The number of oxazole rings is 1. The van der Waals surface area contributed by atoms with Gasteiger partial charge in [0.25, 0.3) is 5.56 Å². The lowest BCUT2D eigenvalue weighted by Gasteiger charge is -2.41. The molecule has 2 saturated heterocycles. The summed E-state index contributed by atoms with van der Waals surface area (Å²) in [6.07, 6.45) is 12.9. The first-order valence-corrected chi connectivity index (χ1v) is 21.7. The average Bonchev–Trinajstić information content (AvgIpc) is 3.61. The molecule has 14 nitrogen and oxygen atoms in total. The number of amides is 3. The third-order valence-corrected chi connectivity index (χ3v) is 13.4. The van der Waals surface area contributed by atoms with Gasteiger partial charge in [-0.3, -0.25) is 33.6 Å². The molecule has 0 bridgehead atoms. The van der Waals surface area contributed by atoms with E-state index in [0.29, 0.717) is 59.1 Å². The maximum atomic E-state index is 15.0. The fraction of sp³-hybridized carbons (Fsp3) is 0.457. The van der Waals surface area contributed by atoms with Crippen LogP contribution in [0.25, 0.3) is 28.0 Å². The van der Waals surface area contributed by atoms with Crippen molar-refractivity contribution < 1.29 is 23.2 Å². The number of anilines is 1. The van der Waals surface area contributed by atoms with Crippen molar-refractivity contribution in [2.24, 2.45) is 11.8 Å². The quantitative estimate of drug-likeness (QED) is 0.145. The Morgan fingerprint density at radius 1 is 0.902 bits per heavy atom. The van der Waals surface area contributed by atoms with E-state index in [-0.39, 0.29) is 47.9 Å². The van der Waals surface area contributed by atoms with Crippen molar-refractivity contribution in [3.05, 3.63) is 105 Å². The number of hydrogen-bond donors (Lipinski definition) is 3. The molecule has 9 rings (SSSR count). The number of rotatable bonds is 10. The lowest BCUT2D eigenvalue weighted by Crippen LogP contribution is -2.44. The molecule has 0 radical (unpaired) electrons. The maximum Gasteiger partial charge on any atom is 0.420 e. The summed E-state index contributed by atoms with van der Waals surface area (Å²) in [6.45, 7) is 2.69. The van der Waals surface area contributed by atoms with Crippen LogP contribution in [0.2, 0.25) is 0 Å². The molecule has 318 valence electrons. The van der Waals surface area contributed by atoms with Crippen molar-refractivity contribution in [3.63, 3.8) is 0 Å². The predicted octanol–water partition coefficient (Wildman–Crippen LogP) is 5.84. The van der Waals surface area contributed by atoms with Gasteiger partial charge in [-0.05, 0) is 125 Å². The second-order valence-electron chi connectivity index (χ2n) is 17.2. The van der Waals surface area contributed by atoms with E-state index in [0.717, 1.165) is 82.6 Å². The zero-order valence-corrected chi connectivity index (χ0v) is 34.1. The van der Waals surface area contributed by atoms with Crippen LogP contribution in [0.15, 0.2) is 87.1 Å². The number of piperidine rings is 2. The number of likely N-dealkylation sites (tertiary alicyclic amines) is 1. The van der Waals surface area contributed by atoms with Gasteiger partial charge in [0.15, 0.2) is 11.4 Å². The van der Waals surface area contributed by atoms with Crippen LogP contribution in [0.4, 0.5) is 10.3 Å². The number of benzene rings is 2. The summed E-state index contributed by atoms with van der Waals surface area (Å²) < 4.78 is 23.5. The molecule has 3 amide bonds. The van der Waals surface area contributed by atoms with Crippen molar-refractivity contribution in [3.8, 4) is 16.9 Å². The number of fused-ring (bicyclic) bond motifs is 1. The van der Waals surface area contributed by atoms with E-state index >= 15 is 4.39 Å². The number of imide groups is 1. The lowest BCUT2D eigenvalue weighted by atomic mass is 9.82. The van der Waals surface area contributed by atoms with E-state index in [1.54, 1.807) is 42.6 Å². The molecule has 2 aromatic carbocycles. The van der Waals surface area contributed by atoms with Crippen molar-refractivity contribution in [2.75, 3.05) is 25.0 Å². The van der Waals surface area contributed by atoms with Gasteiger partial charge in [0, 0.05) is 54.5 Å². The molecule has 5 heterocycles. The molecular formula is C46H51FN8O6. The van der Waals surface area contributed by atoms with Crippen LogP contribution in [0.3, 0.4) is 0 Å². The van der Waals surface area contributed by atoms with E-state index in [2.05, 4.69) is 30.8 Å². The van der Waals surface area contributed by atoms with Crippen molar-refractivity contribution in [2.45, 2.75) is 101 Å². The number of nitrogens with one attached hydrogen (secondary N) is 3. The average molecular weight is 831 g/mol. The zero-order valence-electron chi connectivity index (χ0n) is 34.1. The normalized spacial score (nSPS) is 24.0. The molecule has 2 saturated carbocycles. The molecular weight excluding hydrogens is 780 g/mol. The predicted molar refractivity (Wildman–Crippen MR) is 227 cm³/mol. The number of carbonyl (C=O) groups is 3. The van der Waals surface area contributed by atoms with E-state index < -0.39 is 23.5 Å². The summed E-state index contributed by atoms with van der Waals surface area (Å²) in [5.41, 5.74) is 3.27. The Labute approximate surface area is 351 Å². The molecule has 4 aliphatic rings. The minimum atomic E-state index is -0.755. The molecule has 61 heavy (non-hydrogen) atoms. The van der Waals surface area contributed by atoms with Crippen LogP contribution >= 0.6 is 0 Å². The Bertz CT molecular complexity index is 2550. The highest BCUT2D eigenvalue weighted by Gasteiger charge is 2.34. The number of aromatic nitrogens is 4. The lowest BCUT2D eigenvalue weighted by molar-refractivity contribution is -0.135. The maximum absolute atomic E-state index is 15.0. The zero-order chi connectivity index (χ0) is 42.0. The summed E-state index contributed by atoms with van der Waals surface area (Å²) in [6, 6.07) is 17.6. The van der Waals surface area contributed by atoms with Crippen LogP contribution in [-0.2, 0) is 14.4 Å². The van der Waals surface area contributed by atoms with Crippen LogP contribution in [0.5, 0.6) is 0 Å². The molecule has 15 heteroatoms. The summed E-state index contributed by atoms with van der Waals surface area (Å²) in [5, 5.41) is 8.98. The van der Waals surface area contributed by atoms with E-state index in [1.165, 1.54) is 15.2 Å². The van der Waals surface area contributed by atoms with Gasteiger partial charge in [0.2, 0.25) is 23.7 Å². The van der Waals surface area contributed by atoms with Crippen LogP contribution in [0.1, 0.15) is 94.6 Å². The third-order valence-electron chi connectivity index (χ3n) is 13.4. The van der Waals surface area contributed by atoms with Gasteiger partial charge in [-0.2, -0.15) is 0 Å². The minimum absolute atomic E-state index is 0.0211. The van der Waals surface area contributed by atoms with E-state index in [9.17, 15) is 24.0 Å². The monoisotopic (exact) mass is 830 g/mol. The highest BCUT2D eigenvalue weighted by atomic mass is 19.1. The second kappa shape index (κ2) is 17.6. The third kappa shape index (κ3) is 8.79. The van der Waals surface area contributed by atoms with Gasteiger partial charge in [-0.25, -0.2) is 19.2 Å². The van der Waals surface area contributed by atoms with E-state index in [1.807, 2.05) is 18.2 Å². The Morgan fingerprint density at radius 3 is 2.54 bits per heavy atom.